The summed E-state index contributed by atoms with van der Waals surface area (Å²) in [6.45, 7) is 2.09. The molecule has 1 atom stereocenters. The van der Waals surface area contributed by atoms with Crippen LogP contribution in [0.25, 0.3) is 11.0 Å². The third-order valence-electron chi connectivity index (χ3n) is 5.61. The number of nitrogens with zero attached hydrogens (tertiary/aromatic N) is 1. The molecule has 2 heterocycles. The first-order valence-electron chi connectivity index (χ1n) is 9.84. The molecule has 4 aromatic rings. The van der Waals surface area contributed by atoms with Gasteiger partial charge in [0.1, 0.15) is 11.3 Å². The van der Waals surface area contributed by atoms with Crippen LogP contribution in [0.4, 0.5) is 0 Å². The minimum absolute atomic E-state index is 0.0294. The van der Waals surface area contributed by atoms with Gasteiger partial charge in [-0.25, -0.2) is 0 Å². The summed E-state index contributed by atoms with van der Waals surface area (Å²) in [5.41, 5.74) is 2.70. The fraction of sp³-hybridized carbons (Fsp3) is 0.120. The highest BCUT2D eigenvalue weighted by atomic mass is 35.5. The molecule has 0 fully saturated rings. The quantitative estimate of drug-likeness (QED) is 0.483. The van der Waals surface area contributed by atoms with Gasteiger partial charge in [0.2, 0.25) is 5.76 Å². The lowest BCUT2D eigenvalue weighted by Gasteiger charge is -2.25. The van der Waals surface area contributed by atoms with Crippen LogP contribution in [-0.2, 0) is 6.54 Å². The van der Waals surface area contributed by atoms with Gasteiger partial charge >= 0.3 is 0 Å². The molecule has 1 N–H and O–H groups in total. The summed E-state index contributed by atoms with van der Waals surface area (Å²) < 4.78 is 5.95. The Labute approximate surface area is 183 Å². The molecule has 0 saturated carbocycles. The number of amides is 1. The molecule has 1 aromatic heterocycles. The predicted octanol–water partition coefficient (Wildman–Crippen LogP) is 5.21. The van der Waals surface area contributed by atoms with Crippen LogP contribution in [-0.4, -0.2) is 15.9 Å². The molecule has 3 aromatic carbocycles. The topological polar surface area (TPSA) is 70.8 Å². The van der Waals surface area contributed by atoms with E-state index in [1.807, 2.05) is 31.2 Å². The normalized spacial score (nSPS) is 15.5. The smallest absolute Gasteiger partial charge is 0.291 e. The van der Waals surface area contributed by atoms with Gasteiger partial charge in [-0.3, -0.25) is 9.59 Å². The number of hydrogen-bond acceptors (Lipinski definition) is 4. The van der Waals surface area contributed by atoms with Crippen molar-refractivity contribution in [2.75, 3.05) is 0 Å². The molecule has 5 rings (SSSR count). The largest absolute Gasteiger partial charge is 0.508 e. The summed E-state index contributed by atoms with van der Waals surface area (Å²) >= 11 is 6.35. The van der Waals surface area contributed by atoms with Gasteiger partial charge < -0.3 is 14.4 Å². The van der Waals surface area contributed by atoms with Gasteiger partial charge in [-0.05, 0) is 48.4 Å². The molecule has 0 saturated heterocycles. The van der Waals surface area contributed by atoms with Gasteiger partial charge in [0.25, 0.3) is 5.91 Å². The molecular weight excluding hydrogens is 414 g/mol. The van der Waals surface area contributed by atoms with E-state index in [1.165, 1.54) is 0 Å². The maximum absolute atomic E-state index is 13.5. The van der Waals surface area contributed by atoms with Gasteiger partial charge in [-0.15, -0.1) is 0 Å². The van der Waals surface area contributed by atoms with Crippen molar-refractivity contribution in [1.82, 2.24) is 4.90 Å². The molecule has 5 nitrogen and oxygen atoms in total. The number of carbonyl (C=O) groups excluding carboxylic acids is 1. The van der Waals surface area contributed by atoms with E-state index in [9.17, 15) is 14.7 Å². The van der Waals surface area contributed by atoms with Crippen molar-refractivity contribution in [3.05, 3.63) is 110 Å². The first-order chi connectivity index (χ1) is 14.9. The second kappa shape index (κ2) is 7.29. The van der Waals surface area contributed by atoms with E-state index in [0.717, 1.165) is 11.1 Å². The Balaban J connectivity index is 1.75. The first kappa shape index (κ1) is 19.4. The summed E-state index contributed by atoms with van der Waals surface area (Å²) in [4.78, 5) is 28.5. The van der Waals surface area contributed by atoms with Gasteiger partial charge in [0, 0.05) is 11.6 Å². The van der Waals surface area contributed by atoms with E-state index in [0.29, 0.717) is 21.6 Å². The zero-order valence-electron chi connectivity index (χ0n) is 16.6. The lowest BCUT2D eigenvalue weighted by molar-refractivity contribution is 0.0714. The van der Waals surface area contributed by atoms with E-state index in [1.54, 1.807) is 47.4 Å². The van der Waals surface area contributed by atoms with Crippen molar-refractivity contribution in [2.45, 2.75) is 19.5 Å². The monoisotopic (exact) mass is 431 g/mol. The minimum atomic E-state index is -0.702. The Morgan fingerprint density at radius 3 is 2.61 bits per heavy atom. The Hall–Kier alpha value is -3.57. The van der Waals surface area contributed by atoms with Crippen molar-refractivity contribution in [3.63, 3.8) is 0 Å². The van der Waals surface area contributed by atoms with Crippen LogP contribution in [0.15, 0.2) is 75.9 Å². The highest BCUT2D eigenvalue weighted by Crippen LogP contribution is 2.40. The summed E-state index contributed by atoms with van der Waals surface area (Å²) in [5.74, 6) is -0.304. The Morgan fingerprint density at radius 1 is 1.03 bits per heavy atom. The van der Waals surface area contributed by atoms with E-state index in [-0.39, 0.29) is 35.0 Å². The number of aromatic hydroxyl groups is 1. The number of hydrogen-bond donors (Lipinski definition) is 1. The Morgan fingerprint density at radius 2 is 1.84 bits per heavy atom. The van der Waals surface area contributed by atoms with Crippen LogP contribution in [0.1, 0.15) is 38.9 Å². The van der Waals surface area contributed by atoms with Gasteiger partial charge in [0.15, 0.2) is 5.43 Å². The molecule has 31 heavy (non-hydrogen) atoms. The number of benzene rings is 3. The molecule has 1 aliphatic rings. The van der Waals surface area contributed by atoms with Gasteiger partial charge in [-0.1, -0.05) is 53.6 Å². The highest BCUT2D eigenvalue weighted by molar-refractivity contribution is 6.31. The van der Waals surface area contributed by atoms with Crippen LogP contribution in [0.5, 0.6) is 5.75 Å². The van der Waals surface area contributed by atoms with Crippen molar-refractivity contribution in [3.8, 4) is 5.75 Å². The number of phenols is 1. The molecule has 0 radical (unpaired) electrons. The zero-order chi connectivity index (χ0) is 21.7. The highest BCUT2D eigenvalue weighted by Gasteiger charge is 2.43. The Bertz CT molecular complexity index is 1410. The van der Waals surface area contributed by atoms with Crippen LogP contribution in [0, 0.1) is 6.92 Å². The Kier molecular flexibility index (Phi) is 4.56. The first-order valence-corrected chi connectivity index (χ1v) is 10.2. The molecular formula is C25H18ClNO4. The van der Waals surface area contributed by atoms with Gasteiger partial charge in [-0.2, -0.15) is 0 Å². The second-order valence-corrected chi connectivity index (χ2v) is 8.10. The molecule has 0 bridgehead atoms. The fourth-order valence-corrected chi connectivity index (χ4v) is 4.34. The molecule has 154 valence electrons. The average molecular weight is 432 g/mol. The van der Waals surface area contributed by atoms with E-state index < -0.39 is 6.04 Å². The molecule has 0 unspecified atom stereocenters. The van der Waals surface area contributed by atoms with Gasteiger partial charge in [0.05, 0.1) is 17.0 Å². The van der Waals surface area contributed by atoms with E-state index in [2.05, 4.69) is 0 Å². The lowest BCUT2D eigenvalue weighted by Crippen LogP contribution is -2.29. The van der Waals surface area contributed by atoms with Crippen molar-refractivity contribution >= 4 is 28.5 Å². The minimum Gasteiger partial charge on any atom is -0.508 e. The lowest BCUT2D eigenvalue weighted by atomic mass is 9.97. The fourth-order valence-electron chi connectivity index (χ4n) is 4.15. The van der Waals surface area contributed by atoms with E-state index in [4.69, 9.17) is 16.0 Å². The SMILES string of the molecule is Cc1ccc2oc3c(c(=O)c2c1)[C@H](c1cccc(O)c1)N(Cc1ccccc1Cl)C3=O. The van der Waals surface area contributed by atoms with Crippen molar-refractivity contribution < 1.29 is 14.3 Å². The predicted molar refractivity (Wildman–Crippen MR) is 118 cm³/mol. The standard InChI is InChI=1S/C25H18ClNO4/c1-14-9-10-20-18(11-14)23(29)21-22(15-6-4-7-17(28)12-15)27(25(30)24(21)31-20)13-16-5-2-3-8-19(16)26/h2-12,22,28H,13H2,1H3/t22-/m0/s1. The summed E-state index contributed by atoms with van der Waals surface area (Å²) in [7, 11) is 0. The molecule has 0 aliphatic carbocycles. The number of aryl methyl sites for hydroxylation is 1. The number of rotatable bonds is 3. The molecule has 0 spiro atoms. The van der Waals surface area contributed by atoms with Crippen molar-refractivity contribution in [1.29, 1.82) is 0 Å². The molecule has 1 aliphatic heterocycles. The summed E-state index contributed by atoms with van der Waals surface area (Å²) in [6.07, 6.45) is 0. The third-order valence-corrected chi connectivity index (χ3v) is 5.97. The molecule has 1 amide bonds. The van der Waals surface area contributed by atoms with Crippen LogP contribution >= 0.6 is 11.6 Å². The second-order valence-electron chi connectivity index (χ2n) is 7.70. The van der Waals surface area contributed by atoms with Crippen LogP contribution < -0.4 is 5.43 Å². The van der Waals surface area contributed by atoms with Crippen molar-refractivity contribution in [2.24, 2.45) is 0 Å². The number of phenolic OH excluding ortho intramolecular Hbond substituents is 1. The van der Waals surface area contributed by atoms with Crippen LogP contribution in [0.3, 0.4) is 0 Å². The van der Waals surface area contributed by atoms with E-state index >= 15 is 0 Å². The number of carbonyl (C=O) groups is 1. The maximum atomic E-state index is 13.5. The number of fused-ring (bicyclic) bond motifs is 2. The third kappa shape index (κ3) is 3.18. The number of halogens is 1. The summed E-state index contributed by atoms with van der Waals surface area (Å²) in [5, 5.41) is 11.0. The zero-order valence-corrected chi connectivity index (χ0v) is 17.4. The van der Waals surface area contributed by atoms with Crippen LogP contribution in [0.2, 0.25) is 5.02 Å². The average Bonchev–Trinajstić information content (AvgIpc) is 3.02. The molecule has 6 heteroatoms. The summed E-state index contributed by atoms with van der Waals surface area (Å²) in [6, 6.07) is 18.5. The maximum Gasteiger partial charge on any atom is 0.291 e.